The number of rotatable bonds is 6. The van der Waals surface area contributed by atoms with Crippen molar-refractivity contribution in [1.82, 2.24) is 5.32 Å². The van der Waals surface area contributed by atoms with Crippen LogP contribution in [0.3, 0.4) is 0 Å². The topological polar surface area (TPSA) is 83.5 Å². The number of carbonyl (C=O) groups is 1. The molecule has 0 amide bonds. The predicted octanol–water partition coefficient (Wildman–Crippen LogP) is -0.781. The average molecular weight is 193 g/mol. The smallest absolute Gasteiger partial charge is 0.266 e. The third-order valence-corrected chi connectivity index (χ3v) is 1.78. The lowest BCUT2D eigenvalue weighted by Crippen LogP contribution is -2.27. The molecule has 0 fully saturated rings. The van der Waals surface area contributed by atoms with Crippen molar-refractivity contribution in [3.05, 3.63) is 12.7 Å². The van der Waals surface area contributed by atoms with Gasteiger partial charge in [-0.2, -0.15) is 8.42 Å². The third-order valence-electron chi connectivity index (χ3n) is 1.06. The lowest BCUT2D eigenvalue weighted by atomic mass is 10.4. The first-order valence-electron chi connectivity index (χ1n) is 3.27. The van der Waals surface area contributed by atoms with Crippen LogP contribution >= 0.6 is 0 Å². The summed E-state index contributed by atoms with van der Waals surface area (Å²) in [6.45, 7) is 3.33. The summed E-state index contributed by atoms with van der Waals surface area (Å²) in [5.74, 6) is -0.609. The largest absolute Gasteiger partial charge is 0.309 e. The summed E-state index contributed by atoms with van der Waals surface area (Å²) in [6, 6.07) is 0. The molecule has 70 valence electrons. The first kappa shape index (κ1) is 11.3. The number of hydrogen-bond acceptors (Lipinski definition) is 4. The van der Waals surface area contributed by atoms with Gasteiger partial charge < -0.3 is 5.32 Å². The molecule has 2 N–H and O–H groups in total. The normalized spacial score (nSPS) is 11.1. The SMILES string of the molecule is C=CC(=O)CNCCS(=O)(=O)O. The maximum atomic E-state index is 10.5. The fraction of sp³-hybridized carbons (Fsp3) is 0.500. The van der Waals surface area contributed by atoms with E-state index < -0.39 is 15.9 Å². The van der Waals surface area contributed by atoms with Crippen LogP contribution in [0.5, 0.6) is 0 Å². The van der Waals surface area contributed by atoms with Crippen molar-refractivity contribution >= 4 is 15.9 Å². The summed E-state index contributed by atoms with van der Waals surface area (Å²) in [5.41, 5.74) is 0. The van der Waals surface area contributed by atoms with Gasteiger partial charge in [-0.15, -0.1) is 0 Å². The van der Waals surface area contributed by atoms with Gasteiger partial charge in [0, 0.05) is 6.54 Å². The molecule has 0 aromatic heterocycles. The first-order chi connectivity index (χ1) is 5.45. The highest BCUT2D eigenvalue weighted by molar-refractivity contribution is 7.85. The van der Waals surface area contributed by atoms with Gasteiger partial charge in [0.05, 0.1) is 12.3 Å². The molecule has 0 atom stereocenters. The second-order valence-electron chi connectivity index (χ2n) is 2.13. The Morgan fingerprint density at radius 2 is 2.17 bits per heavy atom. The fourth-order valence-electron chi connectivity index (χ4n) is 0.485. The Hall–Kier alpha value is -0.720. The molecule has 0 rings (SSSR count). The van der Waals surface area contributed by atoms with E-state index in [1.165, 1.54) is 0 Å². The Morgan fingerprint density at radius 1 is 1.58 bits per heavy atom. The molecule has 0 heterocycles. The molecule has 0 aliphatic rings. The summed E-state index contributed by atoms with van der Waals surface area (Å²) < 4.78 is 28.6. The number of hydrogen-bond donors (Lipinski definition) is 2. The van der Waals surface area contributed by atoms with Crippen LogP contribution in [0.15, 0.2) is 12.7 Å². The molecule has 0 bridgehead atoms. The zero-order valence-corrected chi connectivity index (χ0v) is 7.30. The van der Waals surface area contributed by atoms with Crippen molar-refractivity contribution in [2.45, 2.75) is 0 Å². The molecule has 0 unspecified atom stereocenters. The van der Waals surface area contributed by atoms with Crippen molar-refractivity contribution in [1.29, 1.82) is 0 Å². The van der Waals surface area contributed by atoms with Crippen LogP contribution in [0.25, 0.3) is 0 Å². The Labute approximate surface area is 71.2 Å². The average Bonchev–Trinajstić information content (AvgIpc) is 1.96. The Bertz CT molecular complexity index is 257. The summed E-state index contributed by atoms with van der Waals surface area (Å²) in [5, 5.41) is 2.53. The summed E-state index contributed by atoms with van der Waals surface area (Å²) in [7, 11) is -3.93. The Balaban J connectivity index is 3.47. The molecule has 0 aromatic carbocycles. The lowest BCUT2D eigenvalue weighted by molar-refractivity contribution is -0.113. The van der Waals surface area contributed by atoms with Crippen molar-refractivity contribution in [2.24, 2.45) is 0 Å². The zero-order valence-electron chi connectivity index (χ0n) is 6.49. The highest BCUT2D eigenvalue weighted by Gasteiger charge is 2.03. The van der Waals surface area contributed by atoms with E-state index in [4.69, 9.17) is 4.55 Å². The van der Waals surface area contributed by atoms with Gasteiger partial charge in [-0.05, 0) is 6.08 Å². The molecule has 0 radical (unpaired) electrons. The molecule has 0 spiro atoms. The quantitative estimate of drug-likeness (QED) is 0.328. The van der Waals surface area contributed by atoms with E-state index in [0.717, 1.165) is 6.08 Å². The van der Waals surface area contributed by atoms with Gasteiger partial charge in [0.2, 0.25) is 0 Å². The monoisotopic (exact) mass is 193 g/mol. The highest BCUT2D eigenvalue weighted by atomic mass is 32.2. The number of nitrogens with one attached hydrogen (secondary N) is 1. The maximum Gasteiger partial charge on any atom is 0.266 e. The van der Waals surface area contributed by atoms with E-state index in [0.29, 0.717) is 0 Å². The predicted molar refractivity (Wildman–Crippen MR) is 44.5 cm³/mol. The Morgan fingerprint density at radius 3 is 2.58 bits per heavy atom. The highest BCUT2D eigenvalue weighted by Crippen LogP contribution is 1.78. The maximum absolute atomic E-state index is 10.5. The van der Waals surface area contributed by atoms with Gasteiger partial charge in [0.1, 0.15) is 0 Å². The van der Waals surface area contributed by atoms with Crippen LogP contribution in [0, 0.1) is 0 Å². The minimum absolute atomic E-state index is 0.0407. The standard InChI is InChI=1S/C6H11NO4S/c1-2-6(8)5-7-3-4-12(9,10)11/h2,7H,1,3-5H2,(H,9,10,11). The Kier molecular flexibility index (Phi) is 4.72. The first-order valence-corrected chi connectivity index (χ1v) is 4.88. The van der Waals surface area contributed by atoms with Gasteiger partial charge in [-0.25, -0.2) is 0 Å². The second-order valence-corrected chi connectivity index (χ2v) is 3.71. The molecule has 0 saturated heterocycles. The van der Waals surface area contributed by atoms with Crippen LogP contribution in [0.1, 0.15) is 0 Å². The third kappa shape index (κ3) is 7.39. The molecule has 0 aliphatic heterocycles. The minimum Gasteiger partial charge on any atom is -0.309 e. The van der Waals surface area contributed by atoms with Crippen LogP contribution in [-0.4, -0.2) is 37.6 Å². The van der Waals surface area contributed by atoms with Gasteiger partial charge in [0.15, 0.2) is 5.78 Å². The van der Waals surface area contributed by atoms with Crippen LogP contribution in [0.2, 0.25) is 0 Å². The molecule has 0 aromatic rings. The van der Waals surface area contributed by atoms with E-state index in [2.05, 4.69) is 11.9 Å². The lowest BCUT2D eigenvalue weighted by Gasteiger charge is -1.98. The summed E-state index contributed by atoms with van der Waals surface area (Å²) in [6.07, 6.45) is 1.14. The van der Waals surface area contributed by atoms with E-state index in [1.807, 2.05) is 0 Å². The van der Waals surface area contributed by atoms with Crippen molar-refractivity contribution in [3.8, 4) is 0 Å². The molecule has 5 nitrogen and oxygen atoms in total. The second kappa shape index (κ2) is 5.02. The van der Waals surface area contributed by atoms with Gasteiger partial charge in [0.25, 0.3) is 10.1 Å². The molecular weight excluding hydrogens is 182 g/mol. The molecule has 0 aliphatic carbocycles. The molecule has 12 heavy (non-hydrogen) atoms. The summed E-state index contributed by atoms with van der Waals surface area (Å²) >= 11 is 0. The van der Waals surface area contributed by atoms with Gasteiger partial charge >= 0.3 is 0 Å². The van der Waals surface area contributed by atoms with Gasteiger partial charge in [-0.1, -0.05) is 6.58 Å². The van der Waals surface area contributed by atoms with E-state index >= 15 is 0 Å². The van der Waals surface area contributed by atoms with Crippen LogP contribution in [-0.2, 0) is 14.9 Å². The molecule has 6 heteroatoms. The molecule has 0 saturated carbocycles. The van der Waals surface area contributed by atoms with Crippen LogP contribution < -0.4 is 5.32 Å². The van der Waals surface area contributed by atoms with Crippen LogP contribution in [0.4, 0.5) is 0 Å². The fourth-order valence-corrected chi connectivity index (χ4v) is 0.887. The number of ketones is 1. The summed E-state index contributed by atoms with van der Waals surface area (Å²) in [4.78, 5) is 10.5. The van der Waals surface area contributed by atoms with Crippen molar-refractivity contribution in [2.75, 3.05) is 18.8 Å². The zero-order chi connectivity index (χ0) is 9.61. The van der Waals surface area contributed by atoms with E-state index in [9.17, 15) is 13.2 Å². The number of carbonyl (C=O) groups excluding carboxylic acids is 1. The molecular formula is C6H11NO4S. The van der Waals surface area contributed by atoms with E-state index in [-0.39, 0.29) is 18.9 Å². The van der Waals surface area contributed by atoms with E-state index in [1.54, 1.807) is 0 Å². The van der Waals surface area contributed by atoms with Crippen molar-refractivity contribution < 1.29 is 17.8 Å². The minimum atomic E-state index is -3.93. The van der Waals surface area contributed by atoms with Gasteiger partial charge in [-0.3, -0.25) is 9.35 Å². The van der Waals surface area contributed by atoms with Crippen molar-refractivity contribution in [3.63, 3.8) is 0 Å².